The second-order valence-corrected chi connectivity index (χ2v) is 5.84. The molecule has 0 spiro atoms. The Hall–Kier alpha value is -1.84. The van der Waals surface area contributed by atoms with Crippen LogP contribution in [0, 0.1) is 10.8 Å². The molecule has 0 radical (unpaired) electrons. The van der Waals surface area contributed by atoms with E-state index in [0.717, 1.165) is 41.9 Å². The molecule has 2 aliphatic rings. The summed E-state index contributed by atoms with van der Waals surface area (Å²) in [5.74, 6) is 2.11. The lowest BCUT2D eigenvalue weighted by Crippen LogP contribution is -2.02. The topological polar surface area (TPSA) is 47.9 Å². The van der Waals surface area contributed by atoms with Crippen molar-refractivity contribution in [3.05, 3.63) is 34.2 Å². The molecule has 1 aliphatic carbocycles. The van der Waals surface area contributed by atoms with E-state index in [9.17, 15) is 4.91 Å². The molecule has 3 rings (SSSR count). The van der Waals surface area contributed by atoms with Crippen molar-refractivity contribution in [2.24, 2.45) is 11.1 Å². The lowest BCUT2D eigenvalue weighted by Gasteiger charge is -2.12. The van der Waals surface area contributed by atoms with Gasteiger partial charge in [-0.3, -0.25) is 0 Å². The first-order valence-electron chi connectivity index (χ1n) is 7.13. The summed E-state index contributed by atoms with van der Waals surface area (Å²) < 4.78 is 10.8. The average Bonchev–Trinajstić information content (AvgIpc) is 3.03. The molecular formula is C16H19NO3. The number of nitrogens with zero attached hydrogens (tertiary/aromatic N) is 1. The van der Waals surface area contributed by atoms with Gasteiger partial charge in [-0.25, -0.2) is 0 Å². The lowest BCUT2D eigenvalue weighted by atomic mass is 9.94. The van der Waals surface area contributed by atoms with E-state index >= 15 is 0 Å². The Morgan fingerprint density at radius 1 is 1.30 bits per heavy atom. The Balaban J connectivity index is 2.01. The van der Waals surface area contributed by atoms with Gasteiger partial charge < -0.3 is 9.47 Å². The summed E-state index contributed by atoms with van der Waals surface area (Å²) in [5.41, 5.74) is 3.52. The maximum Gasteiger partial charge on any atom is 0.231 e. The Labute approximate surface area is 118 Å². The molecule has 1 aliphatic heterocycles. The van der Waals surface area contributed by atoms with E-state index < -0.39 is 0 Å². The van der Waals surface area contributed by atoms with Gasteiger partial charge in [0.2, 0.25) is 6.79 Å². The summed E-state index contributed by atoms with van der Waals surface area (Å²) in [4.78, 5) is 11.1. The number of hydrogen-bond acceptors (Lipinski definition) is 4. The van der Waals surface area contributed by atoms with Crippen molar-refractivity contribution >= 4 is 5.57 Å². The molecule has 20 heavy (non-hydrogen) atoms. The smallest absolute Gasteiger partial charge is 0.231 e. The maximum atomic E-state index is 11.1. The summed E-state index contributed by atoms with van der Waals surface area (Å²) in [7, 11) is 0. The fourth-order valence-corrected chi connectivity index (χ4v) is 3.10. The zero-order valence-electron chi connectivity index (χ0n) is 11.9. The highest BCUT2D eigenvalue weighted by Gasteiger charge is 2.28. The molecule has 1 heterocycles. The van der Waals surface area contributed by atoms with Crippen LogP contribution < -0.4 is 9.47 Å². The normalized spacial score (nSPS) is 20.9. The maximum absolute atomic E-state index is 11.1. The number of ether oxygens (including phenoxy) is 2. The molecule has 0 bridgehead atoms. The minimum absolute atomic E-state index is 0.218. The predicted octanol–water partition coefficient (Wildman–Crippen LogP) is 4.14. The molecule has 1 atom stereocenters. The van der Waals surface area contributed by atoms with Crippen molar-refractivity contribution < 1.29 is 9.47 Å². The third-order valence-electron chi connectivity index (χ3n) is 3.90. The van der Waals surface area contributed by atoms with Crippen LogP contribution in [0.2, 0.25) is 0 Å². The fraction of sp³-hybridized carbons (Fsp3) is 0.500. The number of nitroso groups, excluding NO2 is 1. The average molecular weight is 273 g/mol. The zero-order valence-corrected chi connectivity index (χ0v) is 11.9. The van der Waals surface area contributed by atoms with Gasteiger partial charge in [-0.05, 0) is 48.4 Å². The quantitative estimate of drug-likeness (QED) is 0.774. The van der Waals surface area contributed by atoms with E-state index in [0.29, 0.717) is 5.92 Å². The third kappa shape index (κ3) is 2.30. The highest BCUT2D eigenvalue weighted by molar-refractivity contribution is 5.76. The van der Waals surface area contributed by atoms with Crippen LogP contribution in [0.5, 0.6) is 11.5 Å². The van der Waals surface area contributed by atoms with Crippen LogP contribution >= 0.6 is 0 Å². The molecule has 4 nitrogen and oxygen atoms in total. The van der Waals surface area contributed by atoms with Crippen molar-refractivity contribution in [2.75, 3.05) is 6.79 Å². The summed E-state index contributed by atoms with van der Waals surface area (Å²) >= 11 is 0. The van der Waals surface area contributed by atoms with Crippen LogP contribution in [0.4, 0.5) is 0 Å². The van der Waals surface area contributed by atoms with Gasteiger partial charge in [0.15, 0.2) is 11.5 Å². The molecule has 0 amide bonds. The minimum atomic E-state index is -0.218. The Bertz CT molecular complexity index is 563. The number of rotatable bonds is 4. The van der Waals surface area contributed by atoms with Crippen molar-refractivity contribution in [3.8, 4) is 11.5 Å². The Morgan fingerprint density at radius 2 is 2.10 bits per heavy atom. The highest BCUT2D eigenvalue weighted by Crippen LogP contribution is 2.42. The lowest BCUT2D eigenvalue weighted by molar-refractivity contribution is 0.174. The third-order valence-corrected chi connectivity index (χ3v) is 3.90. The molecule has 1 unspecified atom stereocenters. The van der Waals surface area contributed by atoms with Gasteiger partial charge in [-0.1, -0.05) is 30.7 Å². The van der Waals surface area contributed by atoms with Crippen LogP contribution in [-0.4, -0.2) is 12.8 Å². The molecule has 0 saturated heterocycles. The SMILES string of the molecule is CC(C)CC1=C(c2ccc3c(c2)OCO3)C(N=O)CC1. The van der Waals surface area contributed by atoms with Gasteiger partial charge in [0.25, 0.3) is 0 Å². The molecular weight excluding hydrogens is 254 g/mol. The van der Waals surface area contributed by atoms with Crippen LogP contribution in [-0.2, 0) is 0 Å². The molecule has 1 aromatic carbocycles. The number of allylic oxidation sites excluding steroid dienone is 1. The van der Waals surface area contributed by atoms with Crippen molar-refractivity contribution in [1.29, 1.82) is 0 Å². The Morgan fingerprint density at radius 3 is 2.85 bits per heavy atom. The molecule has 0 aromatic heterocycles. The fourth-order valence-electron chi connectivity index (χ4n) is 3.10. The van der Waals surface area contributed by atoms with Gasteiger partial charge in [0.05, 0.1) is 0 Å². The van der Waals surface area contributed by atoms with Gasteiger partial charge >= 0.3 is 0 Å². The van der Waals surface area contributed by atoms with Crippen LogP contribution in [0.3, 0.4) is 0 Å². The van der Waals surface area contributed by atoms with Crippen LogP contribution in [0.25, 0.3) is 5.57 Å². The molecule has 0 N–H and O–H groups in total. The van der Waals surface area contributed by atoms with E-state index in [1.807, 2.05) is 18.2 Å². The molecule has 0 saturated carbocycles. The first-order valence-corrected chi connectivity index (χ1v) is 7.13. The van der Waals surface area contributed by atoms with Crippen molar-refractivity contribution in [2.45, 2.75) is 39.2 Å². The predicted molar refractivity (Wildman–Crippen MR) is 77.8 cm³/mol. The van der Waals surface area contributed by atoms with E-state index in [-0.39, 0.29) is 12.8 Å². The van der Waals surface area contributed by atoms with E-state index in [4.69, 9.17) is 9.47 Å². The monoisotopic (exact) mass is 273 g/mol. The van der Waals surface area contributed by atoms with Gasteiger partial charge in [0.1, 0.15) is 6.04 Å². The summed E-state index contributed by atoms with van der Waals surface area (Å²) in [5, 5.41) is 3.32. The van der Waals surface area contributed by atoms with Gasteiger partial charge in [-0.15, -0.1) is 0 Å². The summed E-state index contributed by atoms with van der Waals surface area (Å²) in [6.07, 6.45) is 2.82. The first-order chi connectivity index (χ1) is 9.69. The molecule has 4 heteroatoms. The van der Waals surface area contributed by atoms with Crippen LogP contribution in [0.1, 0.15) is 38.7 Å². The van der Waals surface area contributed by atoms with Crippen molar-refractivity contribution in [1.82, 2.24) is 0 Å². The first kappa shape index (κ1) is 13.2. The minimum Gasteiger partial charge on any atom is -0.454 e. The summed E-state index contributed by atoms with van der Waals surface area (Å²) in [6, 6.07) is 5.68. The van der Waals surface area contributed by atoms with E-state index in [1.165, 1.54) is 5.57 Å². The largest absolute Gasteiger partial charge is 0.454 e. The number of fused-ring (bicyclic) bond motifs is 1. The second-order valence-electron chi connectivity index (χ2n) is 5.84. The van der Waals surface area contributed by atoms with Crippen LogP contribution in [0.15, 0.2) is 28.9 Å². The summed E-state index contributed by atoms with van der Waals surface area (Å²) in [6.45, 7) is 4.67. The highest BCUT2D eigenvalue weighted by atomic mass is 16.7. The van der Waals surface area contributed by atoms with E-state index in [2.05, 4.69) is 19.0 Å². The standard InChI is InChI=1S/C16H19NO3/c1-10(2)7-11-3-5-13(17-18)16(11)12-4-6-14-15(8-12)20-9-19-14/h4,6,8,10,13H,3,5,7,9H2,1-2H3. The van der Waals surface area contributed by atoms with Gasteiger partial charge in [-0.2, -0.15) is 4.91 Å². The van der Waals surface area contributed by atoms with Crippen molar-refractivity contribution in [3.63, 3.8) is 0 Å². The second kappa shape index (κ2) is 5.27. The number of hydrogen-bond donors (Lipinski definition) is 0. The number of benzene rings is 1. The molecule has 1 aromatic rings. The zero-order chi connectivity index (χ0) is 14.1. The molecule has 106 valence electrons. The molecule has 0 fully saturated rings. The van der Waals surface area contributed by atoms with E-state index in [1.54, 1.807) is 0 Å². The Kier molecular flexibility index (Phi) is 3.47. The van der Waals surface area contributed by atoms with Gasteiger partial charge in [0, 0.05) is 0 Å².